The number of amides is 3. The molecule has 0 saturated carbocycles. The molecule has 0 aliphatic carbocycles. The zero-order valence-electron chi connectivity index (χ0n) is 21.3. The maximum absolute atomic E-state index is 13.4. The summed E-state index contributed by atoms with van der Waals surface area (Å²) in [5, 5.41) is 5.10. The second-order valence-corrected chi connectivity index (χ2v) is 9.53. The topological polar surface area (TPSA) is 120 Å². The summed E-state index contributed by atoms with van der Waals surface area (Å²) in [6.45, 7) is 0. The van der Waals surface area contributed by atoms with Gasteiger partial charge in [-0.05, 0) is 60.2 Å². The van der Waals surface area contributed by atoms with Crippen LogP contribution in [0.25, 0.3) is 0 Å². The van der Waals surface area contributed by atoms with E-state index in [2.05, 4.69) is 10.6 Å². The Kier molecular flexibility index (Phi) is 8.86. The second kappa shape index (κ2) is 12.7. The number of thioether (sulfide) groups is 1. The molecule has 0 bridgehead atoms. The van der Waals surface area contributed by atoms with Crippen LogP contribution < -0.4 is 25.8 Å². The normalized spacial score (nSPS) is 11.2. The molecule has 1 unspecified atom stereocenters. The van der Waals surface area contributed by atoms with E-state index >= 15 is 0 Å². The van der Waals surface area contributed by atoms with Gasteiger partial charge in [0.1, 0.15) is 5.25 Å². The number of hydrogen-bond acceptors (Lipinski definition) is 6. The summed E-state index contributed by atoms with van der Waals surface area (Å²) in [6.07, 6.45) is 0. The lowest BCUT2D eigenvalue weighted by Crippen LogP contribution is -2.22. The lowest BCUT2D eigenvalue weighted by Gasteiger charge is -2.18. The van der Waals surface area contributed by atoms with Crippen LogP contribution in [-0.2, 0) is 4.79 Å². The molecule has 1 atom stereocenters. The Labute approximate surface area is 230 Å². The van der Waals surface area contributed by atoms with Crippen molar-refractivity contribution in [3.05, 3.63) is 114 Å². The number of rotatable bonds is 10. The Morgan fingerprint density at radius 2 is 1.44 bits per heavy atom. The highest BCUT2D eigenvalue weighted by Gasteiger charge is 2.23. The maximum Gasteiger partial charge on any atom is 0.255 e. The number of ether oxygens (including phenoxy) is 2. The Morgan fingerprint density at radius 1 is 0.769 bits per heavy atom. The third-order valence-corrected chi connectivity index (χ3v) is 7.07. The van der Waals surface area contributed by atoms with E-state index in [9.17, 15) is 14.4 Å². The second-order valence-electron chi connectivity index (χ2n) is 8.36. The average Bonchev–Trinajstić information content (AvgIpc) is 2.96. The first-order valence-electron chi connectivity index (χ1n) is 11.9. The van der Waals surface area contributed by atoms with E-state index in [4.69, 9.17) is 15.2 Å². The Morgan fingerprint density at radius 3 is 2.10 bits per heavy atom. The molecule has 0 aliphatic rings. The minimum atomic E-state index is -0.625. The highest BCUT2D eigenvalue weighted by molar-refractivity contribution is 8.00. The van der Waals surface area contributed by atoms with Crippen LogP contribution in [-0.4, -0.2) is 31.9 Å². The fraction of sp³-hybridized carbons (Fsp3) is 0.100. The van der Waals surface area contributed by atoms with Crippen LogP contribution in [0.4, 0.5) is 11.4 Å². The number of hydrogen-bond donors (Lipinski definition) is 3. The summed E-state index contributed by atoms with van der Waals surface area (Å²) in [6, 6.07) is 28.1. The maximum atomic E-state index is 13.4. The van der Waals surface area contributed by atoms with Crippen molar-refractivity contribution in [1.29, 1.82) is 0 Å². The van der Waals surface area contributed by atoms with E-state index < -0.39 is 11.2 Å². The van der Waals surface area contributed by atoms with Crippen LogP contribution in [0.1, 0.15) is 31.5 Å². The quantitative estimate of drug-likeness (QED) is 0.227. The molecule has 4 rings (SSSR count). The van der Waals surface area contributed by atoms with Crippen molar-refractivity contribution in [1.82, 2.24) is 0 Å². The lowest BCUT2D eigenvalue weighted by molar-refractivity contribution is -0.115. The van der Waals surface area contributed by atoms with Gasteiger partial charge in [0.25, 0.3) is 11.8 Å². The summed E-state index contributed by atoms with van der Waals surface area (Å²) in [4.78, 5) is 38.8. The smallest absolute Gasteiger partial charge is 0.255 e. The fourth-order valence-electron chi connectivity index (χ4n) is 3.84. The van der Waals surface area contributed by atoms with Crippen LogP contribution in [0.5, 0.6) is 11.5 Å². The van der Waals surface area contributed by atoms with Gasteiger partial charge in [0, 0.05) is 16.1 Å². The molecule has 0 saturated heterocycles. The SMILES string of the molecule is COc1ccc(C(=O)Nc2ccc(SC(C(=O)Nc3ccccc3C(N)=O)c3ccccc3)cc2)cc1OC. The Hall–Kier alpha value is -4.76. The van der Waals surface area contributed by atoms with Crippen LogP contribution in [0.15, 0.2) is 102 Å². The third kappa shape index (κ3) is 6.77. The molecule has 8 nitrogen and oxygen atoms in total. The van der Waals surface area contributed by atoms with Crippen molar-refractivity contribution in [3.63, 3.8) is 0 Å². The molecule has 9 heteroatoms. The summed E-state index contributed by atoms with van der Waals surface area (Å²) < 4.78 is 10.5. The molecule has 3 amide bonds. The molecule has 0 radical (unpaired) electrons. The first-order valence-corrected chi connectivity index (χ1v) is 12.8. The minimum absolute atomic E-state index is 0.234. The van der Waals surface area contributed by atoms with Gasteiger partial charge in [0.05, 0.1) is 25.5 Å². The minimum Gasteiger partial charge on any atom is -0.493 e. The predicted octanol–water partition coefficient (Wildman–Crippen LogP) is 5.53. The molecule has 4 aromatic rings. The lowest BCUT2D eigenvalue weighted by atomic mass is 10.1. The number of benzene rings is 4. The summed E-state index contributed by atoms with van der Waals surface area (Å²) in [5.74, 6) is -0.233. The number of carbonyl (C=O) groups excluding carboxylic acids is 3. The highest BCUT2D eigenvalue weighted by Crippen LogP contribution is 2.37. The van der Waals surface area contributed by atoms with E-state index in [0.717, 1.165) is 10.5 Å². The zero-order chi connectivity index (χ0) is 27.8. The van der Waals surface area contributed by atoms with Crippen molar-refractivity contribution in [2.75, 3.05) is 24.9 Å². The number of nitrogens with one attached hydrogen (secondary N) is 2. The predicted molar refractivity (Wildman–Crippen MR) is 153 cm³/mol. The van der Waals surface area contributed by atoms with E-state index in [1.54, 1.807) is 54.6 Å². The van der Waals surface area contributed by atoms with Crippen LogP contribution in [0, 0.1) is 0 Å². The zero-order valence-corrected chi connectivity index (χ0v) is 22.2. The number of methoxy groups -OCH3 is 2. The van der Waals surface area contributed by atoms with Gasteiger partial charge in [-0.1, -0.05) is 42.5 Å². The third-order valence-electron chi connectivity index (χ3n) is 5.80. The first kappa shape index (κ1) is 27.3. The largest absolute Gasteiger partial charge is 0.493 e. The van der Waals surface area contributed by atoms with Gasteiger partial charge < -0.3 is 25.8 Å². The molecule has 39 heavy (non-hydrogen) atoms. The number of para-hydroxylation sites is 1. The van der Waals surface area contributed by atoms with Gasteiger partial charge in [-0.2, -0.15) is 0 Å². The van der Waals surface area contributed by atoms with Gasteiger partial charge in [-0.15, -0.1) is 11.8 Å². The van der Waals surface area contributed by atoms with E-state index in [0.29, 0.717) is 28.4 Å². The standard InChI is InChI=1S/C30H27N3O5S/c1-37-25-17-12-20(18-26(25)38-2)29(35)32-21-13-15-22(16-14-21)39-27(19-8-4-3-5-9-19)30(36)33-24-11-7-6-10-23(24)28(31)34/h3-18,27H,1-2H3,(H2,31,34)(H,32,35)(H,33,36). The molecule has 0 aromatic heterocycles. The van der Waals surface area contributed by atoms with Crippen LogP contribution in [0.3, 0.4) is 0 Å². The van der Waals surface area contributed by atoms with Gasteiger partial charge in [0.2, 0.25) is 5.91 Å². The number of nitrogens with two attached hydrogens (primary N) is 1. The monoisotopic (exact) mass is 541 g/mol. The molecular weight excluding hydrogens is 514 g/mol. The van der Waals surface area contributed by atoms with Crippen molar-refractivity contribution in [3.8, 4) is 11.5 Å². The molecule has 4 aromatic carbocycles. The summed E-state index contributed by atoms with van der Waals surface area (Å²) in [5.41, 5.74) is 7.87. The van der Waals surface area contributed by atoms with Crippen molar-refractivity contribution < 1.29 is 23.9 Å². The molecule has 0 heterocycles. The fourth-order valence-corrected chi connectivity index (χ4v) is 4.86. The van der Waals surface area contributed by atoms with Gasteiger partial charge in [0.15, 0.2) is 11.5 Å². The van der Waals surface area contributed by atoms with Crippen molar-refractivity contribution >= 4 is 40.9 Å². The molecule has 4 N–H and O–H groups in total. The van der Waals surface area contributed by atoms with E-state index in [-0.39, 0.29) is 17.4 Å². The molecule has 0 fully saturated rings. The average molecular weight is 542 g/mol. The van der Waals surface area contributed by atoms with E-state index in [1.165, 1.54) is 26.0 Å². The van der Waals surface area contributed by atoms with E-state index in [1.807, 2.05) is 42.5 Å². The molecule has 198 valence electrons. The number of primary amides is 1. The van der Waals surface area contributed by atoms with Gasteiger partial charge in [-0.3, -0.25) is 14.4 Å². The Balaban J connectivity index is 1.50. The molecular formula is C30H27N3O5S. The van der Waals surface area contributed by atoms with Crippen LogP contribution >= 0.6 is 11.8 Å². The molecule has 0 aliphatic heterocycles. The summed E-state index contributed by atoms with van der Waals surface area (Å²) in [7, 11) is 3.04. The first-order chi connectivity index (χ1) is 18.9. The van der Waals surface area contributed by atoms with Gasteiger partial charge in [-0.25, -0.2) is 0 Å². The highest BCUT2D eigenvalue weighted by atomic mass is 32.2. The van der Waals surface area contributed by atoms with Gasteiger partial charge >= 0.3 is 0 Å². The molecule has 0 spiro atoms. The van der Waals surface area contributed by atoms with Crippen molar-refractivity contribution in [2.24, 2.45) is 5.73 Å². The Bertz CT molecular complexity index is 1480. The summed E-state index contributed by atoms with van der Waals surface area (Å²) >= 11 is 1.35. The van der Waals surface area contributed by atoms with Crippen LogP contribution in [0.2, 0.25) is 0 Å². The number of carbonyl (C=O) groups is 3. The van der Waals surface area contributed by atoms with Crippen molar-refractivity contribution in [2.45, 2.75) is 10.1 Å². The number of anilines is 2.